The summed E-state index contributed by atoms with van der Waals surface area (Å²) in [5, 5.41) is 0. The summed E-state index contributed by atoms with van der Waals surface area (Å²) >= 11 is 0. The summed E-state index contributed by atoms with van der Waals surface area (Å²) in [4.78, 5) is 2.35. The number of nitrogens with two attached hydrogens (primary N) is 1. The molecule has 0 spiro atoms. The number of hydrogen-bond acceptors (Lipinski definition) is 2. The van der Waals surface area contributed by atoms with Gasteiger partial charge in [0.2, 0.25) is 0 Å². The predicted molar refractivity (Wildman–Crippen MR) is 68.3 cm³/mol. The van der Waals surface area contributed by atoms with E-state index in [4.69, 9.17) is 5.73 Å². The highest BCUT2D eigenvalue weighted by Crippen LogP contribution is 2.25. The minimum absolute atomic E-state index is 0.162. The fourth-order valence-corrected chi connectivity index (χ4v) is 2.44. The second-order valence-electron chi connectivity index (χ2n) is 5.24. The summed E-state index contributed by atoms with van der Waals surface area (Å²) in [6, 6.07) is 7.22. The average Bonchev–Trinajstić information content (AvgIpc) is 2.26. The normalized spacial score (nSPS) is 23.8. The van der Waals surface area contributed by atoms with Crippen molar-refractivity contribution in [2.24, 2.45) is 11.7 Å². The van der Waals surface area contributed by atoms with Gasteiger partial charge in [-0.1, -0.05) is 12.1 Å². The Morgan fingerprint density at radius 3 is 2.53 bits per heavy atom. The molecular formula is C14H21FN2. The van der Waals surface area contributed by atoms with Gasteiger partial charge in [-0.3, -0.25) is 0 Å². The van der Waals surface area contributed by atoms with Gasteiger partial charge in [0.15, 0.2) is 0 Å². The van der Waals surface area contributed by atoms with Crippen LogP contribution in [-0.2, 0) is 6.42 Å². The maximum Gasteiger partial charge on any atom is 0.123 e. The summed E-state index contributed by atoms with van der Waals surface area (Å²) in [7, 11) is 2.15. The van der Waals surface area contributed by atoms with Crippen molar-refractivity contribution < 1.29 is 4.39 Å². The van der Waals surface area contributed by atoms with Gasteiger partial charge in [0.1, 0.15) is 5.82 Å². The smallest absolute Gasteiger partial charge is 0.123 e. The molecule has 1 aromatic carbocycles. The van der Waals surface area contributed by atoms with Crippen molar-refractivity contribution in [1.82, 2.24) is 4.90 Å². The van der Waals surface area contributed by atoms with Gasteiger partial charge >= 0.3 is 0 Å². The molecule has 1 aliphatic carbocycles. The zero-order valence-corrected chi connectivity index (χ0v) is 10.4. The van der Waals surface area contributed by atoms with E-state index < -0.39 is 0 Å². The average molecular weight is 236 g/mol. The standard InChI is InChI=1S/C14H21FN2/c1-17(10-12-8-14(16)9-12)7-6-11-2-4-13(15)5-3-11/h2-5,12,14H,6-10,16H2,1H3. The molecule has 3 heteroatoms. The fraction of sp³-hybridized carbons (Fsp3) is 0.571. The van der Waals surface area contributed by atoms with E-state index in [2.05, 4.69) is 11.9 Å². The van der Waals surface area contributed by atoms with Gasteiger partial charge in [-0.05, 0) is 49.9 Å². The third-order valence-corrected chi connectivity index (χ3v) is 3.54. The summed E-state index contributed by atoms with van der Waals surface area (Å²) in [6.45, 7) is 2.16. The monoisotopic (exact) mass is 236 g/mol. The van der Waals surface area contributed by atoms with Crippen molar-refractivity contribution in [3.05, 3.63) is 35.6 Å². The quantitative estimate of drug-likeness (QED) is 0.847. The summed E-state index contributed by atoms with van der Waals surface area (Å²) in [6.07, 6.45) is 3.32. The van der Waals surface area contributed by atoms with Gasteiger partial charge in [-0.2, -0.15) is 0 Å². The highest BCUT2D eigenvalue weighted by atomic mass is 19.1. The number of benzene rings is 1. The zero-order valence-electron chi connectivity index (χ0n) is 10.4. The molecule has 94 valence electrons. The molecule has 1 aromatic rings. The third kappa shape index (κ3) is 3.79. The molecule has 0 unspecified atom stereocenters. The van der Waals surface area contributed by atoms with E-state index in [0.717, 1.165) is 25.4 Å². The van der Waals surface area contributed by atoms with Gasteiger partial charge in [-0.25, -0.2) is 4.39 Å². The number of likely N-dealkylation sites (N-methyl/N-ethyl adjacent to an activating group) is 1. The molecular weight excluding hydrogens is 215 g/mol. The van der Waals surface area contributed by atoms with Crippen LogP contribution in [0.3, 0.4) is 0 Å². The number of nitrogens with zero attached hydrogens (tertiary/aromatic N) is 1. The van der Waals surface area contributed by atoms with E-state index in [0.29, 0.717) is 6.04 Å². The third-order valence-electron chi connectivity index (χ3n) is 3.54. The van der Waals surface area contributed by atoms with Gasteiger partial charge < -0.3 is 10.6 Å². The minimum atomic E-state index is -0.162. The summed E-state index contributed by atoms with van der Waals surface area (Å²) in [5.41, 5.74) is 6.97. The molecule has 0 atom stereocenters. The SMILES string of the molecule is CN(CCc1ccc(F)cc1)CC1CC(N)C1. The first-order chi connectivity index (χ1) is 8.13. The summed E-state index contributed by atoms with van der Waals surface area (Å²) < 4.78 is 12.7. The van der Waals surface area contributed by atoms with E-state index in [1.54, 1.807) is 0 Å². The molecule has 1 saturated carbocycles. The highest BCUT2D eigenvalue weighted by molar-refractivity contribution is 5.16. The lowest BCUT2D eigenvalue weighted by Gasteiger charge is -2.35. The van der Waals surface area contributed by atoms with Crippen LogP contribution in [0.4, 0.5) is 4.39 Å². The predicted octanol–water partition coefficient (Wildman–Crippen LogP) is 2.04. The van der Waals surface area contributed by atoms with E-state index in [-0.39, 0.29) is 5.82 Å². The molecule has 0 saturated heterocycles. The van der Waals surface area contributed by atoms with Gasteiger partial charge in [0.05, 0.1) is 0 Å². The molecule has 1 aliphatic rings. The molecule has 0 radical (unpaired) electrons. The number of rotatable bonds is 5. The Labute approximate surface area is 103 Å². The first-order valence-corrected chi connectivity index (χ1v) is 6.32. The Kier molecular flexibility index (Phi) is 4.13. The Hall–Kier alpha value is -0.930. The van der Waals surface area contributed by atoms with Crippen molar-refractivity contribution in [2.75, 3.05) is 20.1 Å². The minimum Gasteiger partial charge on any atom is -0.328 e. The zero-order chi connectivity index (χ0) is 12.3. The van der Waals surface area contributed by atoms with Crippen molar-refractivity contribution in [2.45, 2.75) is 25.3 Å². The van der Waals surface area contributed by atoms with Gasteiger partial charge in [0.25, 0.3) is 0 Å². The number of hydrogen-bond donors (Lipinski definition) is 1. The van der Waals surface area contributed by atoms with Crippen LogP contribution in [0.25, 0.3) is 0 Å². The maximum atomic E-state index is 12.7. The van der Waals surface area contributed by atoms with Crippen LogP contribution in [0.1, 0.15) is 18.4 Å². The lowest BCUT2D eigenvalue weighted by atomic mass is 9.80. The fourth-order valence-electron chi connectivity index (χ4n) is 2.44. The molecule has 2 nitrogen and oxygen atoms in total. The van der Waals surface area contributed by atoms with E-state index in [1.807, 2.05) is 12.1 Å². The summed E-state index contributed by atoms with van der Waals surface area (Å²) in [5.74, 6) is 0.619. The number of halogens is 1. The lowest BCUT2D eigenvalue weighted by Crippen LogP contribution is -2.42. The van der Waals surface area contributed by atoms with E-state index >= 15 is 0 Å². The molecule has 0 amide bonds. The van der Waals surface area contributed by atoms with Crippen LogP contribution in [0.5, 0.6) is 0 Å². The molecule has 0 aliphatic heterocycles. The molecule has 1 fully saturated rings. The molecule has 2 N–H and O–H groups in total. The Balaban J connectivity index is 1.68. The van der Waals surface area contributed by atoms with Crippen molar-refractivity contribution in [1.29, 1.82) is 0 Å². The second kappa shape index (κ2) is 5.61. The maximum absolute atomic E-state index is 12.7. The van der Waals surface area contributed by atoms with Gasteiger partial charge in [-0.15, -0.1) is 0 Å². The van der Waals surface area contributed by atoms with Crippen molar-refractivity contribution in [3.8, 4) is 0 Å². The van der Waals surface area contributed by atoms with Gasteiger partial charge in [0, 0.05) is 19.1 Å². The molecule has 2 rings (SSSR count). The topological polar surface area (TPSA) is 29.3 Å². The molecule has 17 heavy (non-hydrogen) atoms. The van der Waals surface area contributed by atoms with Crippen LogP contribution in [-0.4, -0.2) is 31.1 Å². The van der Waals surface area contributed by atoms with Crippen LogP contribution >= 0.6 is 0 Å². The Morgan fingerprint density at radius 2 is 1.94 bits per heavy atom. The largest absolute Gasteiger partial charge is 0.328 e. The van der Waals surface area contributed by atoms with Crippen molar-refractivity contribution in [3.63, 3.8) is 0 Å². The lowest BCUT2D eigenvalue weighted by molar-refractivity contribution is 0.183. The van der Waals surface area contributed by atoms with Crippen LogP contribution in [0.2, 0.25) is 0 Å². The molecule has 0 heterocycles. The Bertz CT molecular complexity index is 344. The first-order valence-electron chi connectivity index (χ1n) is 6.32. The second-order valence-corrected chi connectivity index (χ2v) is 5.24. The van der Waals surface area contributed by atoms with Crippen LogP contribution in [0.15, 0.2) is 24.3 Å². The molecule has 0 aromatic heterocycles. The van der Waals surface area contributed by atoms with E-state index in [9.17, 15) is 4.39 Å². The van der Waals surface area contributed by atoms with Crippen LogP contribution in [0, 0.1) is 11.7 Å². The van der Waals surface area contributed by atoms with E-state index in [1.165, 1.54) is 30.5 Å². The van der Waals surface area contributed by atoms with Crippen LogP contribution < -0.4 is 5.73 Å². The molecule has 0 bridgehead atoms. The first kappa shape index (κ1) is 12.5. The van der Waals surface area contributed by atoms with Crippen molar-refractivity contribution >= 4 is 0 Å². The Morgan fingerprint density at radius 1 is 1.29 bits per heavy atom. The highest BCUT2D eigenvalue weighted by Gasteiger charge is 2.26.